The van der Waals surface area contributed by atoms with Gasteiger partial charge < -0.3 is 10.2 Å². The Balaban J connectivity index is 1.44. The van der Waals surface area contributed by atoms with Gasteiger partial charge in [0.2, 0.25) is 5.91 Å². The van der Waals surface area contributed by atoms with Gasteiger partial charge in [-0.15, -0.1) is 11.3 Å². The molecular formula is C28H28FN5OS. The Morgan fingerprint density at radius 3 is 2.61 bits per heavy atom. The van der Waals surface area contributed by atoms with Crippen LogP contribution in [-0.2, 0) is 10.3 Å². The van der Waals surface area contributed by atoms with Crippen LogP contribution in [0, 0.1) is 34.4 Å². The Hall–Kier alpha value is -3.70. The van der Waals surface area contributed by atoms with Crippen LogP contribution in [0.3, 0.4) is 0 Å². The van der Waals surface area contributed by atoms with Crippen LogP contribution in [0.25, 0.3) is 11.1 Å². The van der Waals surface area contributed by atoms with E-state index >= 15 is 0 Å². The van der Waals surface area contributed by atoms with E-state index in [0.29, 0.717) is 24.3 Å². The summed E-state index contributed by atoms with van der Waals surface area (Å²) >= 11 is 1.56. The second-order valence-corrected chi connectivity index (χ2v) is 10.6. The molecule has 0 saturated carbocycles. The summed E-state index contributed by atoms with van der Waals surface area (Å²) in [5.74, 6) is -0.482. The lowest BCUT2D eigenvalue weighted by Gasteiger charge is -2.49. The Bertz CT molecular complexity index is 1360. The van der Waals surface area contributed by atoms with Gasteiger partial charge in [-0.2, -0.15) is 5.26 Å². The van der Waals surface area contributed by atoms with E-state index in [1.54, 1.807) is 36.6 Å². The third kappa shape index (κ3) is 4.14. The number of nitrogens with one attached hydrogen (secondary N) is 2. The number of carbonyl (C=O) groups excluding carboxylic acids is 1. The number of para-hydroxylation sites is 1. The van der Waals surface area contributed by atoms with Gasteiger partial charge in [-0.1, -0.05) is 24.3 Å². The summed E-state index contributed by atoms with van der Waals surface area (Å²) in [6.07, 6.45) is 1.51. The average Bonchev–Trinajstić information content (AvgIpc) is 3.40. The standard InChI is InChI=1S/C28H28FN5OS/c1-28(24-15-21(17-36-24)20-7-5-6-18(14-20)16-30)25(26(35)33(2)27(31)32-28)19-10-12-34(13-11-19)23-9-4-3-8-22(23)29/h3-9,14-15,17,19,25H,10-13H2,1-2H3,(H2,31,32)/t25-,28+/m0/s1. The lowest BCUT2D eigenvalue weighted by Crippen LogP contribution is -2.65. The first-order valence-electron chi connectivity index (χ1n) is 12.0. The van der Waals surface area contributed by atoms with Crippen molar-refractivity contribution in [1.82, 2.24) is 10.2 Å². The fourth-order valence-electron chi connectivity index (χ4n) is 5.57. The molecule has 2 aliphatic rings. The van der Waals surface area contributed by atoms with Gasteiger partial charge in [-0.25, -0.2) is 4.39 Å². The maximum Gasteiger partial charge on any atom is 0.235 e. The van der Waals surface area contributed by atoms with Crippen molar-refractivity contribution >= 4 is 28.9 Å². The zero-order valence-electron chi connectivity index (χ0n) is 20.3. The molecule has 184 valence electrons. The monoisotopic (exact) mass is 501 g/mol. The highest BCUT2D eigenvalue weighted by Crippen LogP contribution is 2.45. The van der Waals surface area contributed by atoms with Crippen molar-refractivity contribution in [2.45, 2.75) is 25.3 Å². The van der Waals surface area contributed by atoms with E-state index in [1.807, 2.05) is 36.6 Å². The number of nitriles is 1. The summed E-state index contributed by atoms with van der Waals surface area (Å²) in [7, 11) is 1.64. The SMILES string of the molecule is CN1C(=N)N[C@](C)(c2cc(-c3cccc(C#N)c3)cs2)[C@@H](C2CCN(c3ccccc3F)CC2)C1=O. The van der Waals surface area contributed by atoms with E-state index in [1.165, 1.54) is 11.0 Å². The molecule has 2 N–H and O–H groups in total. The Kier molecular flexibility index (Phi) is 6.27. The zero-order chi connectivity index (χ0) is 25.4. The van der Waals surface area contributed by atoms with Gasteiger partial charge in [0.25, 0.3) is 0 Å². The maximum atomic E-state index is 14.4. The van der Waals surface area contributed by atoms with Gasteiger partial charge >= 0.3 is 0 Å². The van der Waals surface area contributed by atoms with Crippen LogP contribution in [0.5, 0.6) is 0 Å². The molecule has 0 spiro atoms. The third-order valence-electron chi connectivity index (χ3n) is 7.57. The second kappa shape index (κ2) is 9.40. The van der Waals surface area contributed by atoms with Crippen molar-refractivity contribution in [2.75, 3.05) is 25.0 Å². The van der Waals surface area contributed by atoms with Crippen LogP contribution in [0.15, 0.2) is 60.0 Å². The average molecular weight is 502 g/mol. The number of piperidine rings is 1. The molecule has 3 aromatic rings. The highest BCUT2D eigenvalue weighted by atomic mass is 32.1. The molecule has 0 bridgehead atoms. The lowest BCUT2D eigenvalue weighted by atomic mass is 9.70. The molecule has 36 heavy (non-hydrogen) atoms. The van der Waals surface area contributed by atoms with Crippen molar-refractivity contribution in [2.24, 2.45) is 11.8 Å². The number of carbonyl (C=O) groups is 1. The summed E-state index contributed by atoms with van der Waals surface area (Å²) in [5, 5.41) is 23.1. The van der Waals surface area contributed by atoms with Crippen LogP contribution in [0.2, 0.25) is 0 Å². The van der Waals surface area contributed by atoms with Crippen LogP contribution < -0.4 is 10.2 Å². The number of nitrogens with zero attached hydrogens (tertiary/aromatic N) is 3. The van der Waals surface area contributed by atoms with Crippen molar-refractivity contribution in [1.29, 1.82) is 10.7 Å². The molecule has 0 unspecified atom stereocenters. The molecule has 2 fully saturated rings. The molecule has 8 heteroatoms. The fraction of sp³-hybridized carbons (Fsp3) is 0.321. The minimum Gasteiger partial charge on any atom is -0.369 e. The summed E-state index contributed by atoms with van der Waals surface area (Å²) < 4.78 is 14.4. The Labute approximate surface area is 214 Å². The van der Waals surface area contributed by atoms with E-state index in [0.717, 1.165) is 28.8 Å². The van der Waals surface area contributed by atoms with Crippen molar-refractivity contribution in [3.8, 4) is 17.2 Å². The number of amides is 1. The Morgan fingerprint density at radius 1 is 1.14 bits per heavy atom. The molecule has 2 aromatic carbocycles. The van der Waals surface area contributed by atoms with Crippen molar-refractivity contribution in [3.05, 3.63) is 76.2 Å². The van der Waals surface area contributed by atoms with E-state index in [-0.39, 0.29) is 29.5 Å². The Morgan fingerprint density at radius 2 is 1.89 bits per heavy atom. The van der Waals surface area contributed by atoms with Gasteiger partial charge in [0.1, 0.15) is 5.82 Å². The molecule has 6 nitrogen and oxygen atoms in total. The molecule has 3 heterocycles. The molecule has 2 aliphatic heterocycles. The fourth-order valence-corrected chi connectivity index (χ4v) is 6.65. The van der Waals surface area contributed by atoms with Gasteiger partial charge in [0, 0.05) is 25.0 Å². The smallest absolute Gasteiger partial charge is 0.235 e. The van der Waals surface area contributed by atoms with Crippen LogP contribution in [0.4, 0.5) is 10.1 Å². The molecule has 2 saturated heterocycles. The van der Waals surface area contributed by atoms with Crippen LogP contribution in [0.1, 0.15) is 30.2 Å². The summed E-state index contributed by atoms with van der Waals surface area (Å²) in [6, 6.07) is 18.6. The predicted octanol–water partition coefficient (Wildman–Crippen LogP) is 5.17. The topological polar surface area (TPSA) is 83.2 Å². The zero-order valence-corrected chi connectivity index (χ0v) is 21.1. The molecule has 1 aromatic heterocycles. The quantitative estimate of drug-likeness (QED) is 0.517. The minimum atomic E-state index is -0.749. The first-order chi connectivity index (χ1) is 17.3. The number of hydrogen-bond donors (Lipinski definition) is 2. The van der Waals surface area contributed by atoms with E-state index in [2.05, 4.69) is 22.4 Å². The van der Waals surface area contributed by atoms with E-state index < -0.39 is 5.54 Å². The molecular weight excluding hydrogens is 473 g/mol. The lowest BCUT2D eigenvalue weighted by molar-refractivity contribution is -0.138. The number of hydrogen-bond acceptors (Lipinski definition) is 5. The number of thiophene rings is 1. The van der Waals surface area contributed by atoms with Crippen LogP contribution >= 0.6 is 11.3 Å². The first kappa shape index (κ1) is 24.0. The second-order valence-electron chi connectivity index (χ2n) is 9.72. The number of rotatable bonds is 4. The predicted molar refractivity (Wildman–Crippen MR) is 140 cm³/mol. The molecule has 0 aliphatic carbocycles. The highest BCUT2D eigenvalue weighted by Gasteiger charge is 2.52. The van der Waals surface area contributed by atoms with Crippen molar-refractivity contribution < 1.29 is 9.18 Å². The number of halogens is 1. The molecule has 1 amide bonds. The number of benzene rings is 2. The van der Waals surface area contributed by atoms with Gasteiger partial charge in [0.15, 0.2) is 5.96 Å². The normalized spacial score (nSPS) is 22.9. The summed E-state index contributed by atoms with van der Waals surface area (Å²) in [4.78, 5) is 18.1. The third-order valence-corrected chi connectivity index (χ3v) is 8.74. The number of guanidine groups is 1. The molecule has 2 atom stereocenters. The summed E-state index contributed by atoms with van der Waals surface area (Å²) in [5.41, 5.74) is 2.39. The van der Waals surface area contributed by atoms with Gasteiger partial charge in [-0.3, -0.25) is 15.1 Å². The molecule has 5 rings (SSSR count). The minimum absolute atomic E-state index is 0.0629. The van der Waals surface area contributed by atoms with E-state index in [9.17, 15) is 14.4 Å². The molecule has 0 radical (unpaired) electrons. The summed E-state index contributed by atoms with van der Waals surface area (Å²) in [6.45, 7) is 3.36. The highest BCUT2D eigenvalue weighted by molar-refractivity contribution is 7.10. The van der Waals surface area contributed by atoms with Crippen LogP contribution in [-0.4, -0.2) is 36.9 Å². The largest absolute Gasteiger partial charge is 0.369 e. The number of anilines is 1. The van der Waals surface area contributed by atoms with Crippen molar-refractivity contribution in [3.63, 3.8) is 0 Å². The van der Waals surface area contributed by atoms with E-state index in [4.69, 9.17) is 5.41 Å². The first-order valence-corrected chi connectivity index (χ1v) is 12.9. The maximum absolute atomic E-state index is 14.4. The van der Waals surface area contributed by atoms with Gasteiger partial charge in [-0.05, 0) is 72.5 Å². The van der Waals surface area contributed by atoms with Gasteiger partial charge in [0.05, 0.1) is 28.8 Å².